The zero-order valence-electron chi connectivity index (χ0n) is 18.0. The number of nitrogens with one attached hydrogen (secondary N) is 1. The highest BCUT2D eigenvalue weighted by molar-refractivity contribution is 7.92. The summed E-state index contributed by atoms with van der Waals surface area (Å²) in [6.45, 7) is 7.69. The lowest BCUT2D eigenvalue weighted by atomic mass is 10.1. The zero-order chi connectivity index (χ0) is 22.0. The van der Waals surface area contributed by atoms with Crippen molar-refractivity contribution in [1.29, 1.82) is 0 Å². The van der Waals surface area contributed by atoms with Gasteiger partial charge in [-0.05, 0) is 68.4 Å². The summed E-state index contributed by atoms with van der Waals surface area (Å²) in [6, 6.07) is 16.4. The molecule has 1 aliphatic heterocycles. The van der Waals surface area contributed by atoms with Crippen LogP contribution < -0.4 is 9.62 Å². The molecular formula is C23H27N5O2S. The summed E-state index contributed by atoms with van der Waals surface area (Å²) < 4.78 is 28.1. The van der Waals surface area contributed by atoms with E-state index < -0.39 is 10.0 Å². The van der Waals surface area contributed by atoms with E-state index in [1.807, 2.05) is 44.2 Å². The van der Waals surface area contributed by atoms with Crippen LogP contribution in [0.3, 0.4) is 0 Å². The Morgan fingerprint density at radius 3 is 2.06 bits per heavy atom. The minimum Gasteiger partial charge on any atom is -0.353 e. The SMILES string of the molecule is Cc1cc(C)cc(S(=O)(=O)Nc2ccc(-c3ccc(N4CCN(C)CC4)nn3)cc2)c1. The Morgan fingerprint density at radius 2 is 1.48 bits per heavy atom. The van der Waals surface area contributed by atoms with E-state index in [-0.39, 0.29) is 4.90 Å². The first kappa shape index (κ1) is 21.3. The molecule has 0 unspecified atom stereocenters. The molecule has 1 saturated heterocycles. The first-order valence-corrected chi connectivity index (χ1v) is 11.8. The molecule has 0 amide bonds. The van der Waals surface area contributed by atoms with Crippen molar-refractivity contribution in [2.24, 2.45) is 0 Å². The second-order valence-corrected chi connectivity index (χ2v) is 9.76. The van der Waals surface area contributed by atoms with Crippen molar-refractivity contribution in [2.75, 3.05) is 42.8 Å². The zero-order valence-corrected chi connectivity index (χ0v) is 18.9. The van der Waals surface area contributed by atoms with Crippen molar-refractivity contribution in [3.05, 3.63) is 65.7 Å². The fourth-order valence-corrected chi connectivity index (χ4v) is 4.94. The summed E-state index contributed by atoms with van der Waals surface area (Å²) in [5, 5.41) is 8.76. The van der Waals surface area contributed by atoms with Crippen LogP contribution in [-0.4, -0.2) is 56.7 Å². The van der Waals surface area contributed by atoms with Crippen molar-refractivity contribution >= 4 is 21.5 Å². The number of benzene rings is 2. The van der Waals surface area contributed by atoms with E-state index >= 15 is 0 Å². The number of piperazine rings is 1. The summed E-state index contributed by atoms with van der Waals surface area (Å²) in [6.07, 6.45) is 0. The molecule has 0 spiro atoms. The molecule has 1 aliphatic rings. The van der Waals surface area contributed by atoms with Crippen LogP contribution in [0.1, 0.15) is 11.1 Å². The quantitative estimate of drug-likeness (QED) is 0.660. The minimum atomic E-state index is -3.64. The molecule has 3 aromatic rings. The van der Waals surface area contributed by atoms with Crippen molar-refractivity contribution < 1.29 is 8.42 Å². The predicted molar refractivity (Wildman–Crippen MR) is 124 cm³/mol. The third-order valence-electron chi connectivity index (χ3n) is 5.42. The van der Waals surface area contributed by atoms with Gasteiger partial charge in [0.2, 0.25) is 0 Å². The first-order valence-electron chi connectivity index (χ1n) is 10.3. The van der Waals surface area contributed by atoms with Crippen LogP contribution in [0, 0.1) is 13.8 Å². The third-order valence-corrected chi connectivity index (χ3v) is 6.78. The van der Waals surface area contributed by atoms with E-state index in [4.69, 9.17) is 0 Å². The molecular weight excluding hydrogens is 410 g/mol. The molecule has 31 heavy (non-hydrogen) atoms. The fourth-order valence-electron chi connectivity index (χ4n) is 3.69. The van der Waals surface area contributed by atoms with Crippen LogP contribution >= 0.6 is 0 Å². The number of anilines is 2. The molecule has 0 aliphatic carbocycles. The van der Waals surface area contributed by atoms with Crippen LogP contribution in [0.25, 0.3) is 11.3 Å². The Hall–Kier alpha value is -2.97. The average Bonchev–Trinajstić information content (AvgIpc) is 2.74. The molecule has 8 heteroatoms. The van der Waals surface area contributed by atoms with Crippen LogP contribution in [0.4, 0.5) is 11.5 Å². The Morgan fingerprint density at radius 1 is 0.839 bits per heavy atom. The highest BCUT2D eigenvalue weighted by Gasteiger charge is 2.17. The van der Waals surface area contributed by atoms with Crippen LogP contribution in [0.15, 0.2) is 59.5 Å². The number of aromatic nitrogens is 2. The van der Waals surface area contributed by atoms with Gasteiger partial charge in [0, 0.05) is 37.4 Å². The van der Waals surface area contributed by atoms with Crippen molar-refractivity contribution in [1.82, 2.24) is 15.1 Å². The van der Waals surface area contributed by atoms with Gasteiger partial charge in [-0.1, -0.05) is 18.2 Å². The second kappa shape index (κ2) is 8.64. The lowest BCUT2D eigenvalue weighted by Gasteiger charge is -2.32. The molecule has 0 atom stereocenters. The van der Waals surface area contributed by atoms with Gasteiger partial charge >= 0.3 is 0 Å². The highest BCUT2D eigenvalue weighted by atomic mass is 32.2. The Labute approximate surface area is 183 Å². The third kappa shape index (κ3) is 5.03. The molecule has 162 valence electrons. The second-order valence-electron chi connectivity index (χ2n) is 8.07. The molecule has 2 aromatic carbocycles. The van der Waals surface area contributed by atoms with Gasteiger partial charge < -0.3 is 9.80 Å². The van der Waals surface area contributed by atoms with E-state index in [1.54, 1.807) is 24.3 Å². The fraction of sp³-hybridized carbons (Fsp3) is 0.304. The van der Waals surface area contributed by atoms with E-state index in [0.717, 1.165) is 54.4 Å². The number of nitrogens with zero attached hydrogens (tertiary/aromatic N) is 4. The smallest absolute Gasteiger partial charge is 0.261 e. The van der Waals surface area contributed by atoms with E-state index in [0.29, 0.717) is 5.69 Å². The largest absolute Gasteiger partial charge is 0.353 e. The number of sulfonamides is 1. The molecule has 1 N–H and O–H groups in total. The maximum absolute atomic E-state index is 12.7. The predicted octanol–water partition coefficient (Wildman–Crippen LogP) is 3.31. The van der Waals surface area contributed by atoms with Crippen LogP contribution in [0.5, 0.6) is 0 Å². The van der Waals surface area contributed by atoms with E-state index in [9.17, 15) is 8.42 Å². The molecule has 1 aromatic heterocycles. The number of rotatable bonds is 5. The number of hydrogen-bond acceptors (Lipinski definition) is 6. The summed E-state index contributed by atoms with van der Waals surface area (Å²) in [5.41, 5.74) is 3.96. The molecule has 0 bridgehead atoms. The van der Waals surface area contributed by atoms with Gasteiger partial charge in [0.25, 0.3) is 10.0 Å². The first-order chi connectivity index (χ1) is 14.8. The molecule has 7 nitrogen and oxygen atoms in total. The molecule has 1 fully saturated rings. The van der Waals surface area contributed by atoms with Gasteiger partial charge in [0.05, 0.1) is 10.6 Å². The van der Waals surface area contributed by atoms with Gasteiger partial charge in [-0.25, -0.2) is 8.42 Å². The van der Waals surface area contributed by atoms with Gasteiger partial charge in [-0.15, -0.1) is 10.2 Å². The highest BCUT2D eigenvalue weighted by Crippen LogP contribution is 2.23. The molecule has 0 radical (unpaired) electrons. The van der Waals surface area contributed by atoms with Crippen molar-refractivity contribution in [3.8, 4) is 11.3 Å². The Bertz CT molecular complexity index is 1130. The number of hydrogen-bond donors (Lipinski definition) is 1. The normalized spacial score (nSPS) is 15.1. The summed E-state index contributed by atoms with van der Waals surface area (Å²) in [5.74, 6) is 0.884. The molecule has 2 heterocycles. The Balaban J connectivity index is 1.46. The van der Waals surface area contributed by atoms with Gasteiger partial charge in [-0.2, -0.15) is 0 Å². The van der Waals surface area contributed by atoms with Crippen LogP contribution in [0.2, 0.25) is 0 Å². The topological polar surface area (TPSA) is 78.4 Å². The maximum Gasteiger partial charge on any atom is 0.261 e. The summed E-state index contributed by atoms with van der Waals surface area (Å²) in [4.78, 5) is 4.80. The van der Waals surface area contributed by atoms with E-state index in [2.05, 4.69) is 31.8 Å². The summed E-state index contributed by atoms with van der Waals surface area (Å²) in [7, 11) is -1.52. The lowest BCUT2D eigenvalue weighted by Crippen LogP contribution is -2.44. The lowest BCUT2D eigenvalue weighted by molar-refractivity contribution is 0.312. The minimum absolute atomic E-state index is 0.263. The van der Waals surface area contributed by atoms with Gasteiger partial charge in [0.15, 0.2) is 5.82 Å². The van der Waals surface area contributed by atoms with Gasteiger partial charge in [-0.3, -0.25) is 4.72 Å². The molecule has 4 rings (SSSR count). The monoisotopic (exact) mass is 437 g/mol. The van der Waals surface area contributed by atoms with E-state index in [1.165, 1.54) is 0 Å². The number of aryl methyl sites for hydroxylation is 2. The molecule has 0 saturated carbocycles. The average molecular weight is 438 g/mol. The van der Waals surface area contributed by atoms with Crippen molar-refractivity contribution in [2.45, 2.75) is 18.7 Å². The maximum atomic E-state index is 12.7. The van der Waals surface area contributed by atoms with Crippen molar-refractivity contribution in [3.63, 3.8) is 0 Å². The number of likely N-dealkylation sites (N-methyl/N-ethyl adjacent to an activating group) is 1. The Kier molecular flexibility index (Phi) is 5.93. The van der Waals surface area contributed by atoms with Gasteiger partial charge in [0.1, 0.15) is 0 Å². The standard InChI is InChI=1S/C23H27N5O2S/c1-17-14-18(2)16-21(15-17)31(29,30)26-20-6-4-19(5-7-20)22-8-9-23(25-24-22)28-12-10-27(3)11-13-28/h4-9,14-16,26H,10-13H2,1-3H3. The van der Waals surface area contributed by atoms with Crippen LogP contribution in [-0.2, 0) is 10.0 Å². The summed E-state index contributed by atoms with van der Waals surface area (Å²) >= 11 is 0.